The molecule has 1 saturated carbocycles. The van der Waals surface area contributed by atoms with Crippen molar-refractivity contribution < 1.29 is 19.4 Å². The number of carbonyl (C=O) groups excluding carboxylic acids is 1. The van der Waals surface area contributed by atoms with Crippen molar-refractivity contribution >= 4 is 23.4 Å². The molecule has 1 amide bonds. The summed E-state index contributed by atoms with van der Waals surface area (Å²) in [7, 11) is 0. The molecule has 1 aliphatic heterocycles. The maximum absolute atomic E-state index is 12.9. The van der Waals surface area contributed by atoms with Crippen molar-refractivity contribution in [2.75, 3.05) is 31.1 Å². The van der Waals surface area contributed by atoms with E-state index in [2.05, 4.69) is 4.90 Å². The van der Waals surface area contributed by atoms with Gasteiger partial charge in [0.2, 0.25) is 0 Å². The molecule has 0 atom stereocenters. The molecule has 2 fully saturated rings. The summed E-state index contributed by atoms with van der Waals surface area (Å²) in [4.78, 5) is 45.4. The van der Waals surface area contributed by atoms with Crippen molar-refractivity contribution in [1.29, 1.82) is 0 Å². The number of aryl methyl sites for hydroxylation is 1. The third-order valence-electron chi connectivity index (χ3n) is 6.97. The zero-order chi connectivity index (χ0) is 26.5. The van der Waals surface area contributed by atoms with Crippen LogP contribution in [0.5, 0.6) is 0 Å². The van der Waals surface area contributed by atoms with Crippen molar-refractivity contribution in [3.63, 3.8) is 0 Å². The SMILES string of the molecule is Cc1c(-c2ccc(N3CCN(C(=O)OC(C)(C)C)CC3)nc2)ccn2c(=O)c(C(=O)O)cc(C3CC3)c12. The molecule has 9 nitrogen and oxygen atoms in total. The topological polar surface area (TPSA) is 104 Å². The molecule has 3 aromatic rings. The van der Waals surface area contributed by atoms with E-state index in [1.807, 2.05) is 52.1 Å². The van der Waals surface area contributed by atoms with E-state index in [4.69, 9.17) is 9.72 Å². The highest BCUT2D eigenvalue weighted by Crippen LogP contribution is 2.43. The molecule has 1 aliphatic carbocycles. The summed E-state index contributed by atoms with van der Waals surface area (Å²) in [5, 5.41) is 9.52. The normalized spacial score (nSPS) is 16.2. The van der Waals surface area contributed by atoms with Gasteiger partial charge in [0, 0.05) is 44.1 Å². The van der Waals surface area contributed by atoms with Crippen LogP contribution in [0.3, 0.4) is 0 Å². The molecule has 5 rings (SSSR count). The van der Waals surface area contributed by atoms with Gasteiger partial charge >= 0.3 is 12.1 Å². The number of nitrogens with zero attached hydrogens (tertiary/aromatic N) is 4. The highest BCUT2D eigenvalue weighted by Gasteiger charge is 2.30. The lowest BCUT2D eigenvalue weighted by molar-refractivity contribution is 0.0240. The van der Waals surface area contributed by atoms with Crippen LogP contribution in [0.1, 0.15) is 61.0 Å². The van der Waals surface area contributed by atoms with Gasteiger partial charge in [-0.15, -0.1) is 0 Å². The van der Waals surface area contributed by atoms with Crippen LogP contribution in [0.25, 0.3) is 16.6 Å². The second-order valence-electron chi connectivity index (χ2n) is 10.8. The summed E-state index contributed by atoms with van der Waals surface area (Å²) in [6.07, 6.45) is 5.20. The molecular formula is C28H32N4O5. The lowest BCUT2D eigenvalue weighted by Gasteiger charge is -2.36. The first kappa shape index (κ1) is 24.8. The van der Waals surface area contributed by atoms with Crippen LogP contribution >= 0.6 is 0 Å². The van der Waals surface area contributed by atoms with Gasteiger partial charge < -0.3 is 19.6 Å². The molecule has 0 bridgehead atoms. The van der Waals surface area contributed by atoms with Crippen molar-refractivity contribution in [1.82, 2.24) is 14.3 Å². The number of hydrogen-bond donors (Lipinski definition) is 1. The second-order valence-corrected chi connectivity index (χ2v) is 10.8. The Morgan fingerprint density at radius 1 is 1.08 bits per heavy atom. The number of aromatic nitrogens is 2. The van der Waals surface area contributed by atoms with Gasteiger partial charge in [-0.2, -0.15) is 0 Å². The molecule has 9 heteroatoms. The van der Waals surface area contributed by atoms with E-state index in [0.717, 1.165) is 46.4 Å². The minimum atomic E-state index is -1.20. The van der Waals surface area contributed by atoms with Crippen LogP contribution in [0.15, 0.2) is 41.5 Å². The Kier molecular flexibility index (Phi) is 6.17. The number of aromatic carboxylic acids is 1. The summed E-state index contributed by atoms with van der Waals surface area (Å²) in [6, 6.07) is 7.40. The molecule has 0 unspecified atom stereocenters. The first-order valence-corrected chi connectivity index (χ1v) is 12.6. The Bertz CT molecular complexity index is 1430. The van der Waals surface area contributed by atoms with Crippen LogP contribution in [-0.4, -0.2) is 63.2 Å². The number of piperazine rings is 1. The number of carboxylic acids is 1. The zero-order valence-electron chi connectivity index (χ0n) is 21.7. The van der Waals surface area contributed by atoms with E-state index in [-0.39, 0.29) is 17.6 Å². The van der Waals surface area contributed by atoms with Gasteiger partial charge in [0.05, 0.1) is 5.52 Å². The molecular weight excluding hydrogens is 472 g/mol. The fraction of sp³-hybridized carbons (Fsp3) is 0.429. The summed E-state index contributed by atoms with van der Waals surface area (Å²) in [5.74, 6) is -0.0794. The number of carbonyl (C=O) groups is 2. The Labute approximate surface area is 215 Å². The molecule has 0 radical (unpaired) electrons. The number of carboxylic acid groups (broad SMARTS) is 1. The number of pyridine rings is 3. The minimum Gasteiger partial charge on any atom is -0.477 e. The fourth-order valence-electron chi connectivity index (χ4n) is 4.95. The third-order valence-corrected chi connectivity index (χ3v) is 6.97. The van der Waals surface area contributed by atoms with Crippen LogP contribution < -0.4 is 10.5 Å². The highest BCUT2D eigenvalue weighted by atomic mass is 16.6. The quantitative estimate of drug-likeness (QED) is 0.565. The molecule has 0 aromatic carbocycles. The standard InChI is InChI=1S/C28H32N4O5/c1-17-20(9-10-32-24(17)21(18-5-6-18)15-22(25(32)33)26(34)35)19-7-8-23(29-16-19)30-11-13-31(14-12-30)27(36)37-28(2,3)4/h7-10,15-16,18H,5-6,11-14H2,1-4H3,(H,34,35). The van der Waals surface area contributed by atoms with Gasteiger partial charge in [-0.3, -0.25) is 9.20 Å². The van der Waals surface area contributed by atoms with Gasteiger partial charge in [0.25, 0.3) is 5.56 Å². The fourth-order valence-corrected chi connectivity index (χ4v) is 4.95. The van der Waals surface area contributed by atoms with Crippen molar-refractivity contribution in [2.45, 2.75) is 52.1 Å². The van der Waals surface area contributed by atoms with Crippen molar-refractivity contribution in [3.05, 3.63) is 63.7 Å². The monoisotopic (exact) mass is 504 g/mol. The van der Waals surface area contributed by atoms with Crippen LogP contribution in [0.4, 0.5) is 10.6 Å². The summed E-state index contributed by atoms with van der Waals surface area (Å²) in [5.41, 5.74) is 3.30. The van der Waals surface area contributed by atoms with Gasteiger partial charge in [-0.25, -0.2) is 14.6 Å². The number of rotatable bonds is 4. The third kappa shape index (κ3) is 4.90. The van der Waals surface area contributed by atoms with Crippen LogP contribution in [-0.2, 0) is 4.74 Å². The summed E-state index contributed by atoms with van der Waals surface area (Å²) < 4.78 is 6.95. The van der Waals surface area contributed by atoms with E-state index in [1.165, 1.54) is 4.40 Å². The lowest BCUT2D eigenvalue weighted by Crippen LogP contribution is -2.50. The minimum absolute atomic E-state index is 0.190. The molecule has 1 N–H and O–H groups in total. The van der Waals surface area contributed by atoms with Crippen molar-refractivity contribution in [2.24, 2.45) is 0 Å². The lowest BCUT2D eigenvalue weighted by atomic mass is 9.97. The maximum Gasteiger partial charge on any atom is 0.410 e. The van der Waals surface area contributed by atoms with E-state index in [9.17, 15) is 19.5 Å². The molecule has 37 heavy (non-hydrogen) atoms. The van der Waals surface area contributed by atoms with Crippen molar-refractivity contribution in [3.8, 4) is 11.1 Å². The van der Waals surface area contributed by atoms with Crippen LogP contribution in [0, 0.1) is 6.92 Å². The van der Waals surface area contributed by atoms with Gasteiger partial charge in [-0.1, -0.05) is 0 Å². The zero-order valence-corrected chi connectivity index (χ0v) is 21.7. The number of ether oxygens (including phenoxy) is 1. The summed E-state index contributed by atoms with van der Waals surface area (Å²) in [6.45, 7) is 10.0. The van der Waals surface area contributed by atoms with Crippen LogP contribution in [0.2, 0.25) is 0 Å². The van der Waals surface area contributed by atoms with E-state index >= 15 is 0 Å². The smallest absolute Gasteiger partial charge is 0.410 e. The molecule has 4 heterocycles. The Balaban J connectivity index is 1.39. The van der Waals surface area contributed by atoms with Gasteiger partial charge in [0.1, 0.15) is 17.0 Å². The van der Waals surface area contributed by atoms with E-state index < -0.39 is 17.1 Å². The Hall–Kier alpha value is -3.88. The Morgan fingerprint density at radius 2 is 1.78 bits per heavy atom. The number of amides is 1. The first-order chi connectivity index (χ1) is 17.5. The molecule has 2 aliphatic rings. The molecule has 0 spiro atoms. The summed E-state index contributed by atoms with van der Waals surface area (Å²) >= 11 is 0. The Morgan fingerprint density at radius 3 is 2.35 bits per heavy atom. The predicted molar refractivity (Wildman–Crippen MR) is 141 cm³/mol. The first-order valence-electron chi connectivity index (χ1n) is 12.6. The average Bonchev–Trinajstić information content (AvgIpc) is 3.69. The number of hydrogen-bond acceptors (Lipinski definition) is 6. The largest absolute Gasteiger partial charge is 0.477 e. The number of fused-ring (bicyclic) bond motifs is 1. The van der Waals surface area contributed by atoms with Gasteiger partial charge in [-0.05, 0) is 87.4 Å². The highest BCUT2D eigenvalue weighted by molar-refractivity contribution is 5.89. The second kappa shape index (κ2) is 9.21. The van der Waals surface area contributed by atoms with E-state index in [0.29, 0.717) is 26.2 Å². The molecule has 194 valence electrons. The average molecular weight is 505 g/mol. The predicted octanol–water partition coefficient (Wildman–Crippen LogP) is 4.30. The molecule has 1 saturated heterocycles. The van der Waals surface area contributed by atoms with E-state index in [1.54, 1.807) is 17.2 Å². The van der Waals surface area contributed by atoms with Gasteiger partial charge in [0.15, 0.2) is 0 Å². The number of anilines is 1. The molecule has 3 aromatic heterocycles. The maximum atomic E-state index is 12.9.